The van der Waals surface area contributed by atoms with E-state index in [1.54, 1.807) is 29.3 Å². The van der Waals surface area contributed by atoms with Crippen LogP contribution in [0.2, 0.25) is 0 Å². The number of thiophene rings is 1. The Kier molecular flexibility index (Phi) is 6.08. The molecule has 2 aromatic heterocycles. The second-order valence-corrected chi connectivity index (χ2v) is 8.53. The topological polar surface area (TPSA) is 73.2 Å². The smallest absolute Gasteiger partial charge is 0.212 e. The average Bonchev–Trinajstić information content (AvgIpc) is 3.35. The van der Waals surface area contributed by atoms with Crippen LogP contribution in [0.1, 0.15) is 17.2 Å². The van der Waals surface area contributed by atoms with Gasteiger partial charge in [0.2, 0.25) is 10.0 Å². The number of aryl methyl sites for hydroxylation is 1. The molecule has 0 radical (unpaired) electrons. The summed E-state index contributed by atoms with van der Waals surface area (Å²) in [6.07, 6.45) is 3.98. The second-order valence-electron chi connectivity index (χ2n) is 5.82. The summed E-state index contributed by atoms with van der Waals surface area (Å²) in [5.41, 5.74) is 1.99. The number of benzene rings is 1. The molecule has 0 aliphatic rings. The van der Waals surface area contributed by atoms with Gasteiger partial charge >= 0.3 is 0 Å². The molecule has 0 amide bonds. The highest BCUT2D eigenvalue weighted by molar-refractivity contribution is 7.89. The quantitative estimate of drug-likeness (QED) is 0.609. The molecule has 0 spiro atoms. The maximum absolute atomic E-state index is 12.4. The van der Waals surface area contributed by atoms with Crippen molar-refractivity contribution in [2.24, 2.45) is 0 Å². The van der Waals surface area contributed by atoms with Gasteiger partial charge in [0.05, 0.1) is 18.9 Å². The molecule has 0 aliphatic carbocycles. The van der Waals surface area contributed by atoms with Crippen molar-refractivity contribution >= 4 is 21.4 Å². The van der Waals surface area contributed by atoms with Crippen LogP contribution >= 0.6 is 11.3 Å². The van der Waals surface area contributed by atoms with E-state index in [9.17, 15) is 8.42 Å². The highest BCUT2D eigenvalue weighted by atomic mass is 32.2. The normalized spacial score (nSPS) is 12.8. The molecule has 138 valence electrons. The van der Waals surface area contributed by atoms with E-state index >= 15 is 0 Å². The third-order valence-corrected chi connectivity index (χ3v) is 6.14. The van der Waals surface area contributed by atoms with E-state index in [2.05, 4.69) is 9.82 Å². The first kappa shape index (κ1) is 18.6. The summed E-state index contributed by atoms with van der Waals surface area (Å²) < 4.78 is 34.4. The summed E-state index contributed by atoms with van der Waals surface area (Å²) in [5.74, 6) is 0.794. The lowest BCUT2D eigenvalue weighted by atomic mass is 10.1. The summed E-state index contributed by atoms with van der Waals surface area (Å²) in [6.45, 7) is 0.267. The standard InChI is InChI=1S/C18H21N3O3S2/c1-24-17-5-3-15(4-6-17)8-12-26(22,23)20-13-18(16-7-11-25-14-16)21-10-2-9-19-21/h2-7,9-11,14,18,20H,8,12-13H2,1H3. The van der Waals surface area contributed by atoms with Gasteiger partial charge in [0.15, 0.2) is 0 Å². The van der Waals surface area contributed by atoms with Crippen LogP contribution in [0.4, 0.5) is 0 Å². The van der Waals surface area contributed by atoms with Crippen molar-refractivity contribution in [2.45, 2.75) is 12.5 Å². The summed E-state index contributed by atoms with van der Waals surface area (Å²) in [5, 5.41) is 8.25. The Balaban J connectivity index is 1.60. The summed E-state index contributed by atoms with van der Waals surface area (Å²) in [7, 11) is -1.79. The monoisotopic (exact) mass is 391 g/mol. The molecule has 1 N–H and O–H groups in total. The molecule has 3 aromatic rings. The number of aromatic nitrogens is 2. The Bertz CT molecular complexity index is 856. The third-order valence-electron chi connectivity index (χ3n) is 4.09. The zero-order valence-electron chi connectivity index (χ0n) is 14.4. The lowest BCUT2D eigenvalue weighted by Crippen LogP contribution is -2.33. The molecule has 1 aromatic carbocycles. The maximum atomic E-state index is 12.4. The fraction of sp³-hybridized carbons (Fsp3) is 0.278. The van der Waals surface area contributed by atoms with Gasteiger partial charge in [-0.1, -0.05) is 12.1 Å². The molecule has 2 heterocycles. The van der Waals surface area contributed by atoms with Crippen molar-refractivity contribution in [3.8, 4) is 5.75 Å². The fourth-order valence-electron chi connectivity index (χ4n) is 2.62. The van der Waals surface area contributed by atoms with E-state index in [1.165, 1.54) is 0 Å². The molecular formula is C18H21N3O3S2. The SMILES string of the molecule is COc1ccc(CCS(=O)(=O)NCC(c2ccsc2)n2cccn2)cc1. The van der Waals surface area contributed by atoms with Gasteiger partial charge in [-0.25, -0.2) is 13.1 Å². The first-order valence-corrected chi connectivity index (χ1v) is 10.8. The van der Waals surface area contributed by atoms with Crippen molar-refractivity contribution in [2.75, 3.05) is 19.4 Å². The number of ether oxygens (including phenoxy) is 1. The van der Waals surface area contributed by atoms with Gasteiger partial charge in [-0.3, -0.25) is 4.68 Å². The van der Waals surface area contributed by atoms with Crippen molar-refractivity contribution < 1.29 is 13.2 Å². The van der Waals surface area contributed by atoms with Crippen molar-refractivity contribution in [3.63, 3.8) is 0 Å². The van der Waals surface area contributed by atoms with Gasteiger partial charge in [0, 0.05) is 18.9 Å². The summed E-state index contributed by atoms with van der Waals surface area (Å²) in [6, 6.07) is 11.1. The number of rotatable bonds is 9. The molecule has 0 bridgehead atoms. The Morgan fingerprint density at radius 2 is 2.08 bits per heavy atom. The van der Waals surface area contributed by atoms with Gasteiger partial charge in [0.25, 0.3) is 0 Å². The van der Waals surface area contributed by atoms with Crippen LogP contribution in [0.3, 0.4) is 0 Å². The third kappa shape index (κ3) is 4.94. The molecule has 0 saturated heterocycles. The predicted molar refractivity (Wildman–Crippen MR) is 103 cm³/mol. The minimum absolute atomic E-state index is 0.0365. The first-order valence-electron chi connectivity index (χ1n) is 8.19. The van der Waals surface area contributed by atoms with Crippen LogP contribution in [0.15, 0.2) is 59.6 Å². The van der Waals surface area contributed by atoms with Gasteiger partial charge in [0.1, 0.15) is 5.75 Å². The average molecular weight is 392 g/mol. The van der Waals surface area contributed by atoms with Crippen molar-refractivity contribution in [3.05, 3.63) is 70.7 Å². The van der Waals surface area contributed by atoms with Gasteiger partial charge < -0.3 is 4.74 Å². The number of hydrogen-bond acceptors (Lipinski definition) is 5. The lowest BCUT2D eigenvalue weighted by molar-refractivity contribution is 0.414. The molecule has 0 aliphatic heterocycles. The Labute approximate surface area is 157 Å². The fourth-order valence-corrected chi connectivity index (χ4v) is 4.38. The Hall–Kier alpha value is -2.16. The highest BCUT2D eigenvalue weighted by Gasteiger charge is 2.18. The zero-order valence-corrected chi connectivity index (χ0v) is 16.0. The van der Waals surface area contributed by atoms with Crippen LogP contribution in [-0.2, 0) is 16.4 Å². The van der Waals surface area contributed by atoms with Crippen molar-refractivity contribution in [1.82, 2.24) is 14.5 Å². The van der Waals surface area contributed by atoms with Crippen molar-refractivity contribution in [1.29, 1.82) is 0 Å². The molecule has 0 fully saturated rings. The Morgan fingerprint density at radius 1 is 1.27 bits per heavy atom. The van der Waals surface area contributed by atoms with Gasteiger partial charge in [-0.2, -0.15) is 16.4 Å². The van der Waals surface area contributed by atoms with Crippen LogP contribution in [-0.4, -0.2) is 37.6 Å². The number of methoxy groups -OCH3 is 1. The number of hydrogen-bond donors (Lipinski definition) is 1. The highest BCUT2D eigenvalue weighted by Crippen LogP contribution is 2.20. The van der Waals surface area contributed by atoms with Gasteiger partial charge in [-0.05, 0) is 52.6 Å². The lowest BCUT2D eigenvalue weighted by Gasteiger charge is -2.17. The molecule has 3 rings (SSSR count). The number of nitrogens with one attached hydrogen (secondary N) is 1. The van der Waals surface area contributed by atoms with Crippen LogP contribution < -0.4 is 9.46 Å². The Morgan fingerprint density at radius 3 is 2.69 bits per heavy atom. The predicted octanol–water partition coefficient (Wildman–Crippen LogP) is 2.70. The minimum Gasteiger partial charge on any atom is -0.497 e. The zero-order chi connectivity index (χ0) is 18.4. The summed E-state index contributed by atoms with van der Waals surface area (Å²) >= 11 is 1.58. The van der Waals surface area contributed by atoms with E-state index in [-0.39, 0.29) is 18.3 Å². The van der Waals surface area contributed by atoms with E-state index in [4.69, 9.17) is 4.74 Å². The molecular weight excluding hydrogens is 370 g/mol. The largest absolute Gasteiger partial charge is 0.497 e. The minimum atomic E-state index is -3.39. The van der Waals surface area contributed by atoms with Crippen LogP contribution in [0, 0.1) is 0 Å². The molecule has 8 heteroatoms. The number of nitrogens with zero attached hydrogens (tertiary/aromatic N) is 2. The van der Waals surface area contributed by atoms with Crippen LogP contribution in [0.5, 0.6) is 5.75 Å². The molecule has 1 atom stereocenters. The number of sulfonamides is 1. The van der Waals surface area contributed by atoms with E-state index < -0.39 is 10.0 Å². The van der Waals surface area contributed by atoms with Crippen LogP contribution in [0.25, 0.3) is 0 Å². The second kappa shape index (κ2) is 8.48. The van der Waals surface area contributed by atoms with Gasteiger partial charge in [-0.15, -0.1) is 0 Å². The van der Waals surface area contributed by atoms with E-state index in [0.717, 1.165) is 16.9 Å². The molecule has 0 saturated carbocycles. The maximum Gasteiger partial charge on any atom is 0.212 e. The molecule has 26 heavy (non-hydrogen) atoms. The van der Waals surface area contributed by atoms with E-state index in [1.807, 2.05) is 53.4 Å². The first-order chi connectivity index (χ1) is 12.6. The van der Waals surface area contributed by atoms with E-state index in [0.29, 0.717) is 6.42 Å². The molecule has 6 nitrogen and oxygen atoms in total. The molecule has 1 unspecified atom stereocenters. The summed E-state index contributed by atoms with van der Waals surface area (Å²) in [4.78, 5) is 0.